The molecule has 0 saturated carbocycles. The van der Waals surface area contributed by atoms with Gasteiger partial charge in [0.1, 0.15) is 0 Å². The molecule has 0 fully saturated rings. The highest BCUT2D eigenvalue weighted by molar-refractivity contribution is 9.10. The maximum absolute atomic E-state index is 10.7. The van der Waals surface area contributed by atoms with Crippen LogP contribution in [0.5, 0.6) is 0 Å². The van der Waals surface area contributed by atoms with Crippen molar-refractivity contribution in [3.8, 4) is 0 Å². The first-order valence-corrected chi connectivity index (χ1v) is 8.14. The molecule has 0 amide bonds. The molecule has 3 N–H and O–H groups in total. The van der Waals surface area contributed by atoms with E-state index in [-0.39, 0.29) is 12.5 Å². The van der Waals surface area contributed by atoms with E-state index < -0.39 is 6.10 Å². The number of aliphatic hydroxyl groups excluding tert-OH is 1. The van der Waals surface area contributed by atoms with Crippen LogP contribution in [-0.2, 0) is 0 Å². The van der Waals surface area contributed by atoms with Crippen molar-refractivity contribution in [1.29, 1.82) is 0 Å². The number of benzene rings is 2. The molecule has 0 spiro atoms. The lowest BCUT2D eigenvalue weighted by Crippen LogP contribution is -2.20. The molecule has 0 aliphatic carbocycles. The van der Waals surface area contributed by atoms with Gasteiger partial charge in [-0.1, -0.05) is 62.9 Å². The van der Waals surface area contributed by atoms with Crippen LogP contribution in [-0.4, -0.2) is 11.7 Å². The molecule has 2 unspecified atom stereocenters. The second-order valence-corrected chi connectivity index (χ2v) is 6.75. The Bertz CT molecular complexity index is 651. The summed E-state index contributed by atoms with van der Waals surface area (Å²) in [5, 5.41) is 12.3. The van der Waals surface area contributed by atoms with Crippen LogP contribution in [0.1, 0.15) is 23.1 Å². The summed E-state index contributed by atoms with van der Waals surface area (Å²) in [5.41, 5.74) is 7.31. The Hall–Kier alpha value is -0.290. The predicted molar refractivity (Wildman–Crippen MR) is 92.4 cm³/mol. The lowest BCUT2D eigenvalue weighted by Gasteiger charge is -2.24. The number of hydrogen-bond donors (Lipinski definition) is 2. The molecule has 2 aromatic rings. The minimum atomic E-state index is -0.805. The summed E-state index contributed by atoms with van der Waals surface area (Å²) in [6, 6.07) is 10.4. The lowest BCUT2D eigenvalue weighted by atomic mass is 9.89. The van der Waals surface area contributed by atoms with Gasteiger partial charge in [0.15, 0.2) is 0 Å². The number of rotatable bonds is 4. The monoisotopic (exact) mass is 407 g/mol. The van der Waals surface area contributed by atoms with E-state index in [1.165, 1.54) is 0 Å². The molecular weight excluding hydrogens is 396 g/mol. The first kappa shape index (κ1) is 17.1. The zero-order valence-corrected chi connectivity index (χ0v) is 14.7. The molecule has 2 aromatic carbocycles. The first-order valence-electron chi connectivity index (χ1n) is 6.22. The average Bonchev–Trinajstić information content (AvgIpc) is 2.41. The predicted octanol–water partition coefficient (Wildman–Crippen LogP) is 5.19. The van der Waals surface area contributed by atoms with Crippen molar-refractivity contribution in [2.24, 2.45) is 5.73 Å². The molecule has 112 valence electrons. The Balaban J connectivity index is 2.40. The third kappa shape index (κ3) is 3.92. The minimum absolute atomic E-state index is 0.248. The number of halogens is 4. The molecule has 6 heteroatoms. The van der Waals surface area contributed by atoms with E-state index in [0.29, 0.717) is 20.6 Å². The highest BCUT2D eigenvalue weighted by atomic mass is 79.9. The molecule has 0 aliphatic rings. The molecule has 2 atom stereocenters. The second-order valence-electron chi connectivity index (χ2n) is 4.62. The zero-order chi connectivity index (χ0) is 15.6. The van der Waals surface area contributed by atoms with Crippen molar-refractivity contribution in [2.75, 3.05) is 6.54 Å². The van der Waals surface area contributed by atoms with Gasteiger partial charge in [0.2, 0.25) is 0 Å². The van der Waals surface area contributed by atoms with Gasteiger partial charge in [0.05, 0.1) is 6.10 Å². The quantitative estimate of drug-likeness (QED) is 0.730. The van der Waals surface area contributed by atoms with Gasteiger partial charge >= 0.3 is 0 Å². The van der Waals surface area contributed by atoms with Crippen LogP contribution in [0.25, 0.3) is 0 Å². The summed E-state index contributed by atoms with van der Waals surface area (Å²) in [6.07, 6.45) is -0.805. The minimum Gasteiger partial charge on any atom is -0.388 e. The van der Waals surface area contributed by atoms with Gasteiger partial charge in [-0.2, -0.15) is 0 Å². The van der Waals surface area contributed by atoms with Gasteiger partial charge in [-0.15, -0.1) is 0 Å². The van der Waals surface area contributed by atoms with E-state index in [2.05, 4.69) is 15.9 Å². The Morgan fingerprint density at radius 3 is 2.10 bits per heavy atom. The third-order valence-corrected chi connectivity index (χ3v) is 4.76. The molecule has 0 saturated heterocycles. The van der Waals surface area contributed by atoms with E-state index in [4.69, 9.17) is 40.5 Å². The van der Waals surface area contributed by atoms with Crippen molar-refractivity contribution >= 4 is 50.7 Å². The number of nitrogens with two attached hydrogens (primary N) is 1. The standard InChI is InChI=1S/C15H13BrCl3NO/c16-13-5-8(17)2-4-11(13)15(21)12(7-20)10-3-1-9(18)6-14(10)19/h1-6,12,15,21H,7,20H2. The van der Waals surface area contributed by atoms with Crippen molar-refractivity contribution in [3.05, 3.63) is 67.1 Å². The average molecular weight is 410 g/mol. The molecule has 0 bridgehead atoms. The van der Waals surface area contributed by atoms with Crippen LogP contribution in [0.2, 0.25) is 15.1 Å². The summed E-state index contributed by atoms with van der Waals surface area (Å²) in [5.74, 6) is -0.341. The highest BCUT2D eigenvalue weighted by Gasteiger charge is 2.25. The molecule has 21 heavy (non-hydrogen) atoms. The van der Waals surface area contributed by atoms with E-state index >= 15 is 0 Å². The van der Waals surface area contributed by atoms with E-state index in [0.717, 1.165) is 10.0 Å². The second kappa shape index (κ2) is 7.32. The van der Waals surface area contributed by atoms with Crippen LogP contribution in [0, 0.1) is 0 Å². The van der Waals surface area contributed by atoms with Crippen LogP contribution in [0.3, 0.4) is 0 Å². The SMILES string of the molecule is NCC(c1ccc(Cl)cc1Cl)C(O)c1ccc(Cl)cc1Br. The normalized spacial score (nSPS) is 14.0. The van der Waals surface area contributed by atoms with Crippen molar-refractivity contribution < 1.29 is 5.11 Å². The maximum Gasteiger partial charge on any atom is 0.0882 e. The van der Waals surface area contributed by atoms with Gasteiger partial charge < -0.3 is 10.8 Å². The van der Waals surface area contributed by atoms with Gasteiger partial charge in [-0.25, -0.2) is 0 Å². The summed E-state index contributed by atoms with van der Waals surface area (Å²) in [7, 11) is 0. The summed E-state index contributed by atoms with van der Waals surface area (Å²) < 4.78 is 0.728. The van der Waals surface area contributed by atoms with Gasteiger partial charge in [0, 0.05) is 32.0 Å². The molecule has 0 heterocycles. The fourth-order valence-electron chi connectivity index (χ4n) is 2.19. The zero-order valence-electron chi connectivity index (χ0n) is 10.9. The van der Waals surface area contributed by atoms with E-state index in [1.807, 2.05) is 0 Å². The Labute approximate surface area is 146 Å². The third-order valence-electron chi connectivity index (χ3n) is 3.28. The smallest absolute Gasteiger partial charge is 0.0882 e. The van der Waals surface area contributed by atoms with Crippen LogP contribution in [0.15, 0.2) is 40.9 Å². The van der Waals surface area contributed by atoms with Crippen molar-refractivity contribution in [3.63, 3.8) is 0 Å². The Morgan fingerprint density at radius 1 is 1.00 bits per heavy atom. The Kier molecular flexibility index (Phi) is 5.95. The molecule has 0 aliphatic heterocycles. The molecule has 2 nitrogen and oxygen atoms in total. The molecule has 0 radical (unpaired) electrons. The molecular formula is C15H13BrCl3NO. The van der Waals surface area contributed by atoms with Crippen molar-refractivity contribution in [1.82, 2.24) is 0 Å². The highest BCUT2D eigenvalue weighted by Crippen LogP contribution is 2.38. The first-order chi connectivity index (χ1) is 9.93. The topological polar surface area (TPSA) is 46.2 Å². The Morgan fingerprint density at radius 2 is 1.57 bits per heavy atom. The molecule has 2 rings (SSSR count). The fourth-order valence-corrected chi connectivity index (χ4v) is 3.65. The number of hydrogen-bond acceptors (Lipinski definition) is 2. The van der Waals surface area contributed by atoms with Crippen LogP contribution < -0.4 is 5.73 Å². The largest absolute Gasteiger partial charge is 0.388 e. The van der Waals surface area contributed by atoms with E-state index in [9.17, 15) is 5.11 Å². The molecule has 0 aromatic heterocycles. The number of aliphatic hydroxyl groups is 1. The maximum atomic E-state index is 10.7. The summed E-state index contributed by atoms with van der Waals surface area (Å²) >= 11 is 21.5. The lowest BCUT2D eigenvalue weighted by molar-refractivity contribution is 0.147. The summed E-state index contributed by atoms with van der Waals surface area (Å²) in [4.78, 5) is 0. The van der Waals surface area contributed by atoms with E-state index in [1.54, 1.807) is 36.4 Å². The van der Waals surface area contributed by atoms with Crippen LogP contribution in [0.4, 0.5) is 0 Å². The van der Waals surface area contributed by atoms with Gasteiger partial charge in [0.25, 0.3) is 0 Å². The van der Waals surface area contributed by atoms with Crippen LogP contribution >= 0.6 is 50.7 Å². The summed E-state index contributed by atoms with van der Waals surface area (Å²) in [6.45, 7) is 0.248. The van der Waals surface area contributed by atoms with Gasteiger partial charge in [-0.05, 0) is 35.4 Å². The van der Waals surface area contributed by atoms with Crippen molar-refractivity contribution in [2.45, 2.75) is 12.0 Å². The fraction of sp³-hybridized carbons (Fsp3) is 0.200. The van der Waals surface area contributed by atoms with Gasteiger partial charge in [-0.3, -0.25) is 0 Å².